The Morgan fingerprint density at radius 2 is 1.55 bits per heavy atom. The number of hydrogen-bond acceptors (Lipinski definition) is 2. The maximum absolute atomic E-state index is 10.8. The lowest BCUT2D eigenvalue weighted by atomic mass is 9.96. The Hall–Kier alpha value is -1.84. The molecule has 2 rings (SSSR count). The van der Waals surface area contributed by atoms with Crippen LogP contribution < -0.4 is 5.73 Å². The second-order valence-corrected chi connectivity index (χ2v) is 4.58. The van der Waals surface area contributed by atoms with E-state index >= 15 is 0 Å². The van der Waals surface area contributed by atoms with E-state index in [1.54, 1.807) is 0 Å². The van der Waals surface area contributed by atoms with Gasteiger partial charge in [-0.15, -0.1) is 12.4 Å². The topological polar surface area (TPSA) is 63.3 Å². The maximum atomic E-state index is 10.8. The minimum atomic E-state index is -0.963. The fraction of sp³-hybridized carbons (Fsp3) is 0.188. The average molecular weight is 292 g/mol. The van der Waals surface area contributed by atoms with Gasteiger partial charge in [-0.3, -0.25) is 4.79 Å². The van der Waals surface area contributed by atoms with E-state index in [-0.39, 0.29) is 12.4 Å². The number of carboxylic acid groups (broad SMARTS) is 1. The summed E-state index contributed by atoms with van der Waals surface area (Å²) in [5, 5.41) is 8.90. The molecule has 3 N–H and O–H groups in total. The van der Waals surface area contributed by atoms with Gasteiger partial charge in [0.05, 0.1) is 0 Å². The third-order valence-corrected chi connectivity index (χ3v) is 3.11. The molecule has 2 aromatic carbocycles. The van der Waals surface area contributed by atoms with Crippen molar-refractivity contribution in [1.82, 2.24) is 0 Å². The first-order valence-electron chi connectivity index (χ1n) is 6.26. The van der Waals surface area contributed by atoms with Gasteiger partial charge in [0.25, 0.3) is 0 Å². The largest absolute Gasteiger partial charge is 0.480 e. The van der Waals surface area contributed by atoms with Crippen molar-refractivity contribution in [1.29, 1.82) is 0 Å². The third kappa shape index (κ3) is 4.37. The molecule has 0 radical (unpaired) electrons. The van der Waals surface area contributed by atoms with Crippen LogP contribution in [0.15, 0.2) is 54.6 Å². The van der Waals surface area contributed by atoms with Crippen molar-refractivity contribution in [2.75, 3.05) is 0 Å². The Bertz CT molecular complexity index is 557. The van der Waals surface area contributed by atoms with Gasteiger partial charge in [0.2, 0.25) is 0 Å². The van der Waals surface area contributed by atoms with E-state index in [1.807, 2.05) is 42.5 Å². The molecule has 0 bridgehead atoms. The summed E-state index contributed by atoms with van der Waals surface area (Å²) in [5.74, 6) is -0.963. The van der Waals surface area contributed by atoms with Gasteiger partial charge in [-0.05, 0) is 29.5 Å². The predicted molar refractivity (Wildman–Crippen MR) is 82.3 cm³/mol. The highest BCUT2D eigenvalue weighted by molar-refractivity contribution is 5.85. The minimum absolute atomic E-state index is 0. The van der Waals surface area contributed by atoms with Crippen molar-refractivity contribution in [3.63, 3.8) is 0 Å². The molecule has 0 fully saturated rings. The quantitative estimate of drug-likeness (QED) is 0.890. The molecule has 0 spiro atoms. The third-order valence-electron chi connectivity index (χ3n) is 3.11. The van der Waals surface area contributed by atoms with Crippen LogP contribution in [-0.4, -0.2) is 17.1 Å². The number of nitrogens with two attached hydrogens (primary N) is 1. The second kappa shape index (κ2) is 7.68. The Kier molecular flexibility index (Phi) is 6.22. The molecule has 0 aliphatic heterocycles. The molecule has 0 aliphatic rings. The number of carbonyl (C=O) groups is 1. The van der Waals surface area contributed by atoms with Crippen LogP contribution in [0.4, 0.5) is 0 Å². The molecule has 106 valence electrons. The summed E-state index contributed by atoms with van der Waals surface area (Å²) in [6.07, 6.45) is 1.15. The molecular formula is C16H18ClNO2. The Morgan fingerprint density at radius 1 is 1.00 bits per heavy atom. The van der Waals surface area contributed by atoms with E-state index in [4.69, 9.17) is 10.8 Å². The van der Waals surface area contributed by atoms with E-state index in [2.05, 4.69) is 12.1 Å². The molecule has 0 aromatic heterocycles. The normalized spacial score (nSPS) is 11.4. The van der Waals surface area contributed by atoms with Crippen LogP contribution in [0.5, 0.6) is 0 Å². The van der Waals surface area contributed by atoms with E-state index in [9.17, 15) is 4.79 Å². The summed E-state index contributed by atoms with van der Waals surface area (Å²) in [7, 11) is 0. The lowest BCUT2D eigenvalue weighted by Crippen LogP contribution is -2.32. The molecule has 1 unspecified atom stereocenters. The van der Waals surface area contributed by atoms with Gasteiger partial charge in [0, 0.05) is 0 Å². The van der Waals surface area contributed by atoms with Crippen molar-refractivity contribution in [2.24, 2.45) is 5.73 Å². The molecule has 2 aromatic rings. The number of benzene rings is 2. The summed E-state index contributed by atoms with van der Waals surface area (Å²) >= 11 is 0. The average Bonchev–Trinajstić information content (AvgIpc) is 2.42. The van der Waals surface area contributed by atoms with E-state index in [0.29, 0.717) is 6.42 Å². The van der Waals surface area contributed by atoms with Crippen LogP contribution in [0.25, 0.3) is 0 Å². The lowest BCUT2D eigenvalue weighted by Gasteiger charge is -2.12. The number of carboxylic acids is 1. The second-order valence-electron chi connectivity index (χ2n) is 4.58. The summed E-state index contributed by atoms with van der Waals surface area (Å²) < 4.78 is 0. The Balaban J connectivity index is 0.00000200. The number of halogens is 1. The van der Waals surface area contributed by atoms with Gasteiger partial charge in [-0.25, -0.2) is 0 Å². The summed E-state index contributed by atoms with van der Waals surface area (Å²) in [4.78, 5) is 10.8. The van der Waals surface area contributed by atoms with Crippen LogP contribution in [0.2, 0.25) is 0 Å². The van der Waals surface area contributed by atoms with Crippen LogP contribution in [0.3, 0.4) is 0 Å². The van der Waals surface area contributed by atoms with Crippen LogP contribution in [0, 0.1) is 0 Å². The standard InChI is InChI=1S/C16H17NO2.ClH/c17-15(16(18)19)11-14-9-5-4-8-13(14)10-12-6-2-1-3-7-12;/h1-9,15H,10-11,17H2,(H,18,19);1H. The Labute approximate surface area is 124 Å². The molecule has 1 atom stereocenters. The van der Waals surface area contributed by atoms with Gasteiger partial charge in [-0.1, -0.05) is 54.6 Å². The van der Waals surface area contributed by atoms with Crippen molar-refractivity contribution < 1.29 is 9.90 Å². The first-order chi connectivity index (χ1) is 9.16. The van der Waals surface area contributed by atoms with Crippen LogP contribution in [-0.2, 0) is 17.6 Å². The molecule has 4 heteroatoms. The van der Waals surface area contributed by atoms with E-state index in [0.717, 1.165) is 17.5 Å². The van der Waals surface area contributed by atoms with Crippen molar-refractivity contribution >= 4 is 18.4 Å². The van der Waals surface area contributed by atoms with Gasteiger partial charge in [0.15, 0.2) is 0 Å². The van der Waals surface area contributed by atoms with Gasteiger partial charge in [-0.2, -0.15) is 0 Å². The molecular weight excluding hydrogens is 274 g/mol. The maximum Gasteiger partial charge on any atom is 0.320 e. The molecule has 0 amide bonds. The van der Waals surface area contributed by atoms with Crippen molar-refractivity contribution in [3.8, 4) is 0 Å². The molecule has 20 heavy (non-hydrogen) atoms. The highest BCUT2D eigenvalue weighted by atomic mass is 35.5. The number of aliphatic carboxylic acids is 1. The van der Waals surface area contributed by atoms with Gasteiger partial charge >= 0.3 is 5.97 Å². The van der Waals surface area contributed by atoms with Crippen LogP contribution >= 0.6 is 12.4 Å². The highest BCUT2D eigenvalue weighted by Gasteiger charge is 2.14. The smallest absolute Gasteiger partial charge is 0.320 e. The van der Waals surface area contributed by atoms with Crippen molar-refractivity contribution in [3.05, 3.63) is 71.3 Å². The predicted octanol–water partition coefficient (Wildman–Crippen LogP) is 2.65. The first kappa shape index (κ1) is 16.2. The monoisotopic (exact) mass is 291 g/mol. The van der Waals surface area contributed by atoms with Gasteiger partial charge in [0.1, 0.15) is 6.04 Å². The molecule has 0 saturated heterocycles. The molecule has 0 heterocycles. The van der Waals surface area contributed by atoms with Gasteiger partial charge < -0.3 is 10.8 Å². The zero-order chi connectivity index (χ0) is 13.7. The highest BCUT2D eigenvalue weighted by Crippen LogP contribution is 2.15. The zero-order valence-electron chi connectivity index (χ0n) is 11.0. The summed E-state index contributed by atoms with van der Waals surface area (Å²) in [6, 6.07) is 17.1. The first-order valence-corrected chi connectivity index (χ1v) is 6.26. The van der Waals surface area contributed by atoms with Crippen LogP contribution in [0.1, 0.15) is 16.7 Å². The number of rotatable bonds is 5. The summed E-state index contributed by atoms with van der Waals surface area (Å²) in [5.41, 5.74) is 8.95. The minimum Gasteiger partial charge on any atom is -0.480 e. The molecule has 0 saturated carbocycles. The summed E-state index contributed by atoms with van der Waals surface area (Å²) in [6.45, 7) is 0. The van der Waals surface area contributed by atoms with E-state index < -0.39 is 12.0 Å². The number of hydrogen-bond donors (Lipinski definition) is 2. The Morgan fingerprint density at radius 3 is 2.15 bits per heavy atom. The molecule has 0 aliphatic carbocycles. The SMILES string of the molecule is Cl.NC(Cc1ccccc1Cc1ccccc1)C(=O)O. The van der Waals surface area contributed by atoms with Crippen molar-refractivity contribution in [2.45, 2.75) is 18.9 Å². The fourth-order valence-electron chi connectivity index (χ4n) is 2.07. The zero-order valence-corrected chi connectivity index (χ0v) is 11.8. The fourth-order valence-corrected chi connectivity index (χ4v) is 2.07. The molecule has 3 nitrogen and oxygen atoms in total. The van der Waals surface area contributed by atoms with E-state index in [1.165, 1.54) is 5.56 Å². The lowest BCUT2D eigenvalue weighted by molar-refractivity contribution is -0.138.